The van der Waals surface area contributed by atoms with Crippen LogP contribution in [0.3, 0.4) is 0 Å². The number of nitrogens with zero attached hydrogens (tertiary/aromatic N) is 2. The highest BCUT2D eigenvalue weighted by Crippen LogP contribution is 2.18. The van der Waals surface area contributed by atoms with Gasteiger partial charge in [0.25, 0.3) is 0 Å². The molecule has 18 heavy (non-hydrogen) atoms. The van der Waals surface area contributed by atoms with Gasteiger partial charge in [0.1, 0.15) is 5.82 Å². The number of aromatic nitrogens is 2. The Bertz CT molecular complexity index is 551. The molecule has 0 bridgehead atoms. The smallest absolute Gasteiger partial charge is 0.106 e. The maximum Gasteiger partial charge on any atom is 0.106 e. The van der Waals surface area contributed by atoms with Crippen LogP contribution in [0.25, 0.3) is 11.3 Å². The monoisotopic (exact) mass is 240 g/mol. The molecular weight excluding hydrogens is 224 g/mol. The van der Waals surface area contributed by atoms with Crippen LogP contribution in [0.5, 0.6) is 0 Å². The number of benzene rings is 1. The zero-order valence-corrected chi connectivity index (χ0v) is 10.4. The van der Waals surface area contributed by atoms with Gasteiger partial charge in [-0.15, -0.1) is 0 Å². The molecule has 0 aliphatic carbocycles. The van der Waals surface area contributed by atoms with Crippen LogP contribution in [0, 0.1) is 11.3 Å². The van der Waals surface area contributed by atoms with E-state index in [1.165, 1.54) is 0 Å². The second-order valence-electron chi connectivity index (χ2n) is 4.14. The van der Waals surface area contributed by atoms with Crippen LogP contribution in [-0.4, -0.2) is 23.6 Å². The molecule has 0 spiro atoms. The topological polar surface area (TPSA) is 64.5 Å². The molecule has 0 amide bonds. The van der Waals surface area contributed by atoms with Crippen molar-refractivity contribution in [2.45, 2.75) is 12.8 Å². The summed E-state index contributed by atoms with van der Waals surface area (Å²) in [7, 11) is 1.95. The molecule has 0 saturated carbocycles. The van der Waals surface area contributed by atoms with Gasteiger partial charge >= 0.3 is 0 Å². The Morgan fingerprint density at radius 3 is 3.11 bits per heavy atom. The molecule has 0 radical (unpaired) electrons. The van der Waals surface area contributed by atoms with E-state index in [9.17, 15) is 0 Å². The molecule has 0 saturated heterocycles. The number of nitriles is 1. The minimum Gasteiger partial charge on any atom is -0.342 e. The summed E-state index contributed by atoms with van der Waals surface area (Å²) in [5.41, 5.74) is 2.63. The molecule has 0 aliphatic heterocycles. The predicted octanol–water partition coefficient (Wildman–Crippen LogP) is 2.10. The molecule has 0 atom stereocenters. The average Bonchev–Trinajstić information content (AvgIpc) is 2.88. The Labute approximate surface area is 107 Å². The predicted molar refractivity (Wildman–Crippen MR) is 71.0 cm³/mol. The van der Waals surface area contributed by atoms with E-state index in [2.05, 4.69) is 21.4 Å². The van der Waals surface area contributed by atoms with Crippen LogP contribution in [-0.2, 0) is 6.42 Å². The van der Waals surface area contributed by atoms with E-state index in [1.807, 2.05) is 31.4 Å². The fourth-order valence-corrected chi connectivity index (χ4v) is 1.83. The number of nitrogens with one attached hydrogen (secondary N) is 2. The van der Waals surface area contributed by atoms with Gasteiger partial charge in [-0.05, 0) is 32.1 Å². The molecule has 2 aromatic rings. The number of hydrogen-bond acceptors (Lipinski definition) is 3. The number of hydrogen-bond donors (Lipinski definition) is 2. The lowest BCUT2D eigenvalue weighted by atomic mass is 10.1. The lowest BCUT2D eigenvalue weighted by molar-refractivity contribution is 0.707. The highest BCUT2D eigenvalue weighted by Gasteiger charge is 2.03. The summed E-state index contributed by atoms with van der Waals surface area (Å²) in [6, 6.07) is 9.67. The van der Waals surface area contributed by atoms with Crippen molar-refractivity contribution in [3.63, 3.8) is 0 Å². The largest absolute Gasteiger partial charge is 0.342 e. The molecule has 0 aliphatic rings. The van der Waals surface area contributed by atoms with Gasteiger partial charge in [0.2, 0.25) is 0 Å². The Morgan fingerprint density at radius 2 is 2.33 bits per heavy atom. The van der Waals surface area contributed by atoms with Crippen LogP contribution in [0.1, 0.15) is 17.8 Å². The van der Waals surface area contributed by atoms with E-state index < -0.39 is 0 Å². The van der Waals surface area contributed by atoms with Crippen LogP contribution in [0.15, 0.2) is 30.5 Å². The molecule has 2 N–H and O–H groups in total. The Balaban J connectivity index is 2.11. The van der Waals surface area contributed by atoms with Crippen LogP contribution < -0.4 is 5.32 Å². The van der Waals surface area contributed by atoms with Crippen LogP contribution in [0.4, 0.5) is 0 Å². The summed E-state index contributed by atoms with van der Waals surface area (Å²) in [5.74, 6) is 0.989. The highest BCUT2D eigenvalue weighted by molar-refractivity contribution is 5.60. The summed E-state index contributed by atoms with van der Waals surface area (Å²) in [4.78, 5) is 7.65. The first-order valence-electron chi connectivity index (χ1n) is 6.02. The van der Waals surface area contributed by atoms with Gasteiger partial charge in [-0.1, -0.05) is 12.1 Å². The minimum absolute atomic E-state index is 0.666. The van der Waals surface area contributed by atoms with E-state index in [0.717, 1.165) is 36.5 Å². The van der Waals surface area contributed by atoms with E-state index >= 15 is 0 Å². The van der Waals surface area contributed by atoms with E-state index in [1.54, 1.807) is 6.07 Å². The van der Waals surface area contributed by atoms with E-state index in [-0.39, 0.29) is 0 Å². The maximum atomic E-state index is 8.87. The summed E-state index contributed by atoms with van der Waals surface area (Å²) >= 11 is 0. The SMILES string of the molecule is CNCCCc1ncc(-c2cccc(C#N)c2)[nH]1. The van der Waals surface area contributed by atoms with Crippen LogP contribution >= 0.6 is 0 Å². The van der Waals surface area contributed by atoms with Crippen molar-refractivity contribution in [3.05, 3.63) is 41.9 Å². The first-order chi connectivity index (χ1) is 8.83. The summed E-state index contributed by atoms with van der Waals surface area (Å²) in [6.07, 6.45) is 3.81. The molecule has 2 rings (SSSR count). The lowest BCUT2D eigenvalue weighted by Gasteiger charge is -1.98. The van der Waals surface area contributed by atoms with Gasteiger partial charge < -0.3 is 10.3 Å². The second-order valence-corrected chi connectivity index (χ2v) is 4.14. The summed E-state index contributed by atoms with van der Waals surface area (Å²) in [5, 5.41) is 12.0. The maximum absolute atomic E-state index is 8.87. The number of aromatic amines is 1. The normalized spacial score (nSPS) is 10.2. The lowest BCUT2D eigenvalue weighted by Crippen LogP contribution is -2.08. The van der Waals surface area contributed by atoms with Gasteiger partial charge in [0.15, 0.2) is 0 Å². The van der Waals surface area contributed by atoms with Crippen molar-refractivity contribution >= 4 is 0 Å². The Kier molecular flexibility index (Phi) is 4.11. The molecular formula is C14H16N4. The molecule has 1 aromatic heterocycles. The number of rotatable bonds is 5. The quantitative estimate of drug-likeness (QED) is 0.787. The average molecular weight is 240 g/mol. The van der Waals surface area contributed by atoms with Crippen LogP contribution in [0.2, 0.25) is 0 Å². The van der Waals surface area contributed by atoms with Gasteiger partial charge in [0, 0.05) is 12.0 Å². The molecule has 4 nitrogen and oxygen atoms in total. The molecule has 0 unspecified atom stereocenters. The summed E-state index contributed by atoms with van der Waals surface area (Å²) in [6.45, 7) is 0.986. The van der Waals surface area contributed by atoms with Crippen molar-refractivity contribution in [2.75, 3.05) is 13.6 Å². The van der Waals surface area contributed by atoms with Gasteiger partial charge in [0.05, 0.1) is 23.5 Å². The molecule has 0 fully saturated rings. The third-order valence-electron chi connectivity index (χ3n) is 2.77. The number of aryl methyl sites for hydroxylation is 1. The van der Waals surface area contributed by atoms with E-state index in [4.69, 9.17) is 5.26 Å². The standard InChI is InChI=1S/C14H16N4/c1-16-7-3-6-14-17-10-13(18-14)12-5-2-4-11(8-12)9-15/h2,4-5,8,10,16H,3,6-7H2,1H3,(H,17,18). The van der Waals surface area contributed by atoms with Gasteiger partial charge in [-0.3, -0.25) is 0 Å². The van der Waals surface area contributed by atoms with Crippen molar-refractivity contribution in [2.24, 2.45) is 0 Å². The second kappa shape index (κ2) is 5.99. The molecule has 4 heteroatoms. The zero-order valence-electron chi connectivity index (χ0n) is 10.4. The van der Waals surface area contributed by atoms with Crippen molar-refractivity contribution in [3.8, 4) is 17.3 Å². The first-order valence-corrected chi connectivity index (χ1v) is 6.02. The zero-order chi connectivity index (χ0) is 12.8. The van der Waals surface area contributed by atoms with Gasteiger partial charge in [-0.2, -0.15) is 5.26 Å². The first kappa shape index (κ1) is 12.3. The molecule has 1 aromatic carbocycles. The fourth-order valence-electron chi connectivity index (χ4n) is 1.83. The third-order valence-corrected chi connectivity index (χ3v) is 2.77. The number of H-pyrrole nitrogens is 1. The Hall–Kier alpha value is -2.12. The highest BCUT2D eigenvalue weighted by atomic mass is 14.9. The molecule has 1 heterocycles. The third kappa shape index (κ3) is 2.96. The van der Waals surface area contributed by atoms with Crippen molar-refractivity contribution in [1.29, 1.82) is 5.26 Å². The minimum atomic E-state index is 0.666. The van der Waals surface area contributed by atoms with E-state index in [0.29, 0.717) is 5.56 Å². The van der Waals surface area contributed by atoms with Gasteiger partial charge in [-0.25, -0.2) is 4.98 Å². The Morgan fingerprint density at radius 1 is 1.44 bits per heavy atom. The number of imidazole rings is 1. The fraction of sp³-hybridized carbons (Fsp3) is 0.286. The molecule has 92 valence electrons. The van der Waals surface area contributed by atoms with Crippen molar-refractivity contribution in [1.82, 2.24) is 15.3 Å². The summed E-state index contributed by atoms with van der Waals surface area (Å²) < 4.78 is 0. The van der Waals surface area contributed by atoms with Crippen molar-refractivity contribution < 1.29 is 0 Å².